The van der Waals surface area contributed by atoms with Crippen LogP contribution in [0.25, 0.3) is 0 Å². The molecule has 112 valence electrons. The molecule has 0 radical (unpaired) electrons. The Morgan fingerprint density at radius 2 is 2.00 bits per heavy atom. The highest BCUT2D eigenvalue weighted by Crippen LogP contribution is 2.15. The van der Waals surface area contributed by atoms with E-state index in [0.29, 0.717) is 23.8 Å². The van der Waals surface area contributed by atoms with Crippen molar-refractivity contribution in [2.75, 3.05) is 36.9 Å². The van der Waals surface area contributed by atoms with Crippen molar-refractivity contribution in [3.8, 4) is 6.01 Å². The van der Waals surface area contributed by atoms with Gasteiger partial charge in [-0.15, -0.1) is 0 Å². The fraction of sp³-hybridized carbons (Fsp3) is 0.769. The van der Waals surface area contributed by atoms with E-state index in [1.54, 1.807) is 0 Å². The first-order valence-electron chi connectivity index (χ1n) is 7.15. The lowest BCUT2D eigenvalue weighted by Gasteiger charge is -2.13. The third-order valence-corrected chi connectivity index (χ3v) is 2.86. The predicted octanol–water partition coefficient (Wildman–Crippen LogP) is 1.54. The minimum Gasteiger partial charge on any atom is -0.461 e. The summed E-state index contributed by atoms with van der Waals surface area (Å²) in [6, 6.07) is 0.344. The van der Waals surface area contributed by atoms with Crippen molar-refractivity contribution in [3.63, 3.8) is 0 Å². The van der Waals surface area contributed by atoms with Gasteiger partial charge in [-0.1, -0.05) is 0 Å². The molecular weight excluding hydrogens is 258 g/mol. The number of nitrogens with zero attached hydrogens (tertiary/aromatic N) is 3. The first kappa shape index (κ1) is 14.8. The first-order valence-corrected chi connectivity index (χ1v) is 7.15. The van der Waals surface area contributed by atoms with E-state index in [1.807, 2.05) is 20.8 Å². The summed E-state index contributed by atoms with van der Waals surface area (Å²) in [5, 5.41) is 6.32. The maximum atomic E-state index is 5.55. The van der Waals surface area contributed by atoms with E-state index in [-0.39, 0.29) is 6.10 Å². The van der Waals surface area contributed by atoms with Crippen molar-refractivity contribution in [1.29, 1.82) is 0 Å². The summed E-state index contributed by atoms with van der Waals surface area (Å²) < 4.78 is 10.9. The lowest BCUT2D eigenvalue weighted by atomic mass is 10.1. The van der Waals surface area contributed by atoms with E-state index >= 15 is 0 Å². The smallest absolute Gasteiger partial charge is 0.323 e. The van der Waals surface area contributed by atoms with Crippen LogP contribution in [0.2, 0.25) is 0 Å². The minimum atomic E-state index is 0.0305. The third kappa shape index (κ3) is 4.48. The van der Waals surface area contributed by atoms with Crippen LogP contribution >= 0.6 is 0 Å². The minimum absolute atomic E-state index is 0.0305. The van der Waals surface area contributed by atoms with Gasteiger partial charge in [0.1, 0.15) is 0 Å². The fourth-order valence-electron chi connectivity index (χ4n) is 1.92. The molecule has 2 N–H and O–H groups in total. The Morgan fingerprint density at radius 1 is 1.25 bits per heavy atom. The van der Waals surface area contributed by atoms with E-state index in [0.717, 1.165) is 32.7 Å². The number of hydrogen-bond donors (Lipinski definition) is 2. The quantitative estimate of drug-likeness (QED) is 0.784. The number of ether oxygens (including phenoxy) is 2. The molecule has 1 atom stereocenters. The monoisotopic (exact) mass is 281 g/mol. The number of nitrogens with one attached hydrogen (secondary N) is 2. The molecule has 2 heterocycles. The molecule has 7 heteroatoms. The van der Waals surface area contributed by atoms with Crippen LogP contribution in [0.5, 0.6) is 6.01 Å². The van der Waals surface area contributed by atoms with Gasteiger partial charge in [-0.25, -0.2) is 0 Å². The molecule has 1 aromatic heterocycles. The van der Waals surface area contributed by atoms with Crippen LogP contribution in [-0.2, 0) is 4.74 Å². The molecule has 0 amide bonds. The third-order valence-electron chi connectivity index (χ3n) is 2.86. The van der Waals surface area contributed by atoms with Crippen LogP contribution in [0.15, 0.2) is 0 Å². The molecule has 1 unspecified atom stereocenters. The molecule has 0 aliphatic carbocycles. The van der Waals surface area contributed by atoms with Crippen molar-refractivity contribution < 1.29 is 9.47 Å². The van der Waals surface area contributed by atoms with Gasteiger partial charge in [0.2, 0.25) is 11.9 Å². The zero-order valence-electron chi connectivity index (χ0n) is 12.3. The molecule has 20 heavy (non-hydrogen) atoms. The van der Waals surface area contributed by atoms with Crippen LogP contribution < -0.4 is 15.4 Å². The van der Waals surface area contributed by atoms with Gasteiger partial charge >= 0.3 is 6.01 Å². The summed E-state index contributed by atoms with van der Waals surface area (Å²) in [5.41, 5.74) is 0. The van der Waals surface area contributed by atoms with Gasteiger partial charge in [0, 0.05) is 25.6 Å². The molecule has 0 spiro atoms. The number of aromatic nitrogens is 3. The van der Waals surface area contributed by atoms with Gasteiger partial charge in [0.25, 0.3) is 0 Å². The van der Waals surface area contributed by atoms with Crippen molar-refractivity contribution in [2.24, 2.45) is 5.92 Å². The summed E-state index contributed by atoms with van der Waals surface area (Å²) in [7, 11) is 0. The molecule has 1 aliphatic rings. The zero-order chi connectivity index (χ0) is 14.4. The Hall–Kier alpha value is -1.63. The first-order chi connectivity index (χ1) is 9.67. The summed E-state index contributed by atoms with van der Waals surface area (Å²) in [5.74, 6) is 1.59. The molecular formula is C13H23N5O2. The highest BCUT2D eigenvalue weighted by atomic mass is 16.5. The standard InChI is InChI=1S/C13H23N5O2/c1-4-14-11-16-12(15-7-10-5-6-19-8-10)18-13(17-11)20-9(2)3/h9-10H,4-8H2,1-3H3,(H2,14,15,16,17,18). The number of anilines is 2. The molecule has 0 bridgehead atoms. The molecule has 1 fully saturated rings. The summed E-state index contributed by atoms with van der Waals surface area (Å²) in [4.78, 5) is 12.8. The highest BCUT2D eigenvalue weighted by molar-refractivity contribution is 5.35. The molecule has 2 rings (SSSR count). The summed E-state index contributed by atoms with van der Waals surface area (Å²) in [6.45, 7) is 9.08. The molecule has 0 aromatic carbocycles. The number of rotatable bonds is 7. The normalized spacial score (nSPS) is 18.3. The van der Waals surface area contributed by atoms with E-state index in [1.165, 1.54) is 0 Å². The molecule has 1 aromatic rings. The fourth-order valence-corrected chi connectivity index (χ4v) is 1.92. The second-order valence-corrected chi connectivity index (χ2v) is 5.07. The van der Waals surface area contributed by atoms with Crippen molar-refractivity contribution in [1.82, 2.24) is 15.0 Å². The molecule has 1 saturated heterocycles. The van der Waals surface area contributed by atoms with E-state index in [9.17, 15) is 0 Å². The number of hydrogen-bond acceptors (Lipinski definition) is 7. The Balaban J connectivity index is 2.02. The Labute approximate surface area is 119 Å². The van der Waals surface area contributed by atoms with Crippen molar-refractivity contribution in [3.05, 3.63) is 0 Å². The zero-order valence-corrected chi connectivity index (χ0v) is 12.3. The lowest BCUT2D eigenvalue weighted by molar-refractivity contribution is 0.187. The molecule has 1 aliphatic heterocycles. The van der Waals surface area contributed by atoms with Crippen molar-refractivity contribution in [2.45, 2.75) is 33.3 Å². The van der Waals surface area contributed by atoms with Crippen LogP contribution in [-0.4, -0.2) is 47.4 Å². The van der Waals surface area contributed by atoms with Gasteiger partial charge in [0.05, 0.1) is 12.7 Å². The maximum absolute atomic E-state index is 5.55. The van der Waals surface area contributed by atoms with E-state index in [4.69, 9.17) is 9.47 Å². The average molecular weight is 281 g/mol. The van der Waals surface area contributed by atoms with Crippen molar-refractivity contribution >= 4 is 11.9 Å². The van der Waals surface area contributed by atoms with Crippen LogP contribution in [0.1, 0.15) is 27.2 Å². The highest BCUT2D eigenvalue weighted by Gasteiger charge is 2.16. The molecule has 7 nitrogen and oxygen atoms in total. The lowest BCUT2D eigenvalue weighted by Crippen LogP contribution is -2.18. The topological polar surface area (TPSA) is 81.2 Å². The van der Waals surface area contributed by atoms with Crippen LogP contribution in [0.4, 0.5) is 11.9 Å². The predicted molar refractivity (Wildman–Crippen MR) is 77.2 cm³/mol. The second-order valence-electron chi connectivity index (χ2n) is 5.07. The van der Waals surface area contributed by atoms with E-state index < -0.39 is 0 Å². The van der Waals surface area contributed by atoms with Gasteiger partial charge in [0.15, 0.2) is 0 Å². The summed E-state index contributed by atoms with van der Waals surface area (Å²) in [6.07, 6.45) is 1.11. The van der Waals surface area contributed by atoms with Gasteiger partial charge in [-0.05, 0) is 27.2 Å². The Bertz CT molecular complexity index is 421. The Kier molecular flexibility index (Phi) is 5.34. The van der Waals surface area contributed by atoms with Gasteiger partial charge in [-0.3, -0.25) is 0 Å². The summed E-state index contributed by atoms with van der Waals surface area (Å²) >= 11 is 0. The van der Waals surface area contributed by atoms with Crippen LogP contribution in [0.3, 0.4) is 0 Å². The maximum Gasteiger partial charge on any atom is 0.323 e. The molecule has 0 saturated carbocycles. The van der Waals surface area contributed by atoms with Crippen LogP contribution in [0, 0.1) is 5.92 Å². The van der Waals surface area contributed by atoms with E-state index in [2.05, 4.69) is 25.6 Å². The largest absolute Gasteiger partial charge is 0.461 e. The van der Waals surface area contributed by atoms with Gasteiger partial charge < -0.3 is 20.1 Å². The second kappa shape index (κ2) is 7.23. The SMILES string of the molecule is CCNc1nc(NCC2CCOC2)nc(OC(C)C)n1. The average Bonchev–Trinajstić information content (AvgIpc) is 2.89. The Morgan fingerprint density at radius 3 is 2.60 bits per heavy atom. The van der Waals surface area contributed by atoms with Gasteiger partial charge in [-0.2, -0.15) is 15.0 Å².